The Kier molecular flexibility index (Phi) is 6.73. The third-order valence-electron chi connectivity index (χ3n) is 4.58. The number of rotatable bonds is 8. The summed E-state index contributed by atoms with van der Waals surface area (Å²) >= 11 is 0. The highest BCUT2D eigenvalue weighted by Gasteiger charge is 2.16. The normalized spacial score (nSPS) is 14.1. The molecule has 0 saturated carbocycles. The fraction of sp³-hybridized carbons (Fsp3) is 0.450. The van der Waals surface area contributed by atoms with E-state index in [-0.39, 0.29) is 0 Å². The molecule has 27 heavy (non-hydrogen) atoms. The smallest absolute Gasteiger partial charge is 0.203 e. The summed E-state index contributed by atoms with van der Waals surface area (Å²) in [6.07, 6.45) is 1.86. The Morgan fingerprint density at radius 1 is 1.00 bits per heavy atom. The monoisotopic (exact) mass is 373 g/mol. The fourth-order valence-corrected chi connectivity index (χ4v) is 3.18. The first-order chi connectivity index (χ1) is 13.3. The van der Waals surface area contributed by atoms with E-state index in [1.165, 1.54) is 5.56 Å². The summed E-state index contributed by atoms with van der Waals surface area (Å²) in [7, 11) is 4.87. The quantitative estimate of drug-likeness (QED) is 0.761. The van der Waals surface area contributed by atoms with Crippen molar-refractivity contribution in [3.63, 3.8) is 0 Å². The summed E-state index contributed by atoms with van der Waals surface area (Å²) in [5.74, 6) is 2.95. The maximum Gasteiger partial charge on any atom is 0.203 e. The number of benzene rings is 1. The van der Waals surface area contributed by atoms with Gasteiger partial charge in [-0.15, -0.1) is 0 Å². The predicted octanol–water partition coefficient (Wildman–Crippen LogP) is 2.23. The zero-order valence-electron chi connectivity index (χ0n) is 16.2. The van der Waals surface area contributed by atoms with E-state index in [0.29, 0.717) is 23.8 Å². The van der Waals surface area contributed by atoms with Crippen LogP contribution in [-0.2, 0) is 17.8 Å². The van der Waals surface area contributed by atoms with Crippen molar-refractivity contribution < 1.29 is 18.9 Å². The van der Waals surface area contributed by atoms with Crippen LogP contribution in [0.1, 0.15) is 11.1 Å². The average molecular weight is 373 g/mol. The predicted molar refractivity (Wildman–Crippen MR) is 104 cm³/mol. The van der Waals surface area contributed by atoms with E-state index in [4.69, 9.17) is 18.9 Å². The van der Waals surface area contributed by atoms with E-state index in [1.54, 1.807) is 21.3 Å². The van der Waals surface area contributed by atoms with Crippen LogP contribution >= 0.6 is 0 Å². The second kappa shape index (κ2) is 9.43. The molecule has 0 radical (unpaired) electrons. The molecular formula is C20H27N3O4. The zero-order valence-corrected chi connectivity index (χ0v) is 16.2. The number of ether oxygens (including phenoxy) is 4. The summed E-state index contributed by atoms with van der Waals surface area (Å²) in [4.78, 5) is 6.74. The molecule has 1 aliphatic heterocycles. The Hall–Kier alpha value is -2.51. The Balaban J connectivity index is 1.64. The van der Waals surface area contributed by atoms with Gasteiger partial charge in [0.05, 0.1) is 34.5 Å². The number of methoxy groups -OCH3 is 3. The van der Waals surface area contributed by atoms with Gasteiger partial charge in [0.2, 0.25) is 5.75 Å². The molecule has 1 N–H and O–H groups in total. The van der Waals surface area contributed by atoms with Crippen molar-refractivity contribution in [2.24, 2.45) is 0 Å². The largest absolute Gasteiger partial charge is 0.493 e. The molecule has 1 fully saturated rings. The number of anilines is 1. The lowest BCUT2D eigenvalue weighted by Crippen LogP contribution is -2.36. The van der Waals surface area contributed by atoms with Crippen LogP contribution in [0, 0.1) is 0 Å². The van der Waals surface area contributed by atoms with E-state index >= 15 is 0 Å². The molecule has 3 rings (SSSR count). The standard InChI is InChI=1S/C20H27N3O4/c1-24-17-5-4-16(19(25-2)20(17)26-3)14-21-13-15-6-7-22-18(12-15)23-8-10-27-11-9-23/h4-7,12,21H,8-11,13-14H2,1-3H3. The molecule has 0 unspecified atom stereocenters. The summed E-state index contributed by atoms with van der Waals surface area (Å²) in [6, 6.07) is 8.03. The Morgan fingerprint density at radius 3 is 2.48 bits per heavy atom. The highest BCUT2D eigenvalue weighted by atomic mass is 16.5. The third-order valence-corrected chi connectivity index (χ3v) is 4.58. The minimum absolute atomic E-state index is 0.609. The first-order valence-corrected chi connectivity index (χ1v) is 9.03. The maximum atomic E-state index is 5.54. The minimum atomic E-state index is 0.609. The van der Waals surface area contributed by atoms with Gasteiger partial charge >= 0.3 is 0 Å². The van der Waals surface area contributed by atoms with Crippen molar-refractivity contribution in [3.05, 3.63) is 41.6 Å². The number of aromatic nitrogens is 1. The molecule has 1 saturated heterocycles. The number of hydrogen-bond acceptors (Lipinski definition) is 7. The second-order valence-corrected chi connectivity index (χ2v) is 6.22. The van der Waals surface area contributed by atoms with Gasteiger partial charge in [-0.2, -0.15) is 0 Å². The molecule has 7 nitrogen and oxygen atoms in total. The summed E-state index contributed by atoms with van der Waals surface area (Å²) in [5.41, 5.74) is 2.20. The molecule has 2 aromatic rings. The average Bonchev–Trinajstić information content (AvgIpc) is 2.74. The summed E-state index contributed by atoms with van der Waals surface area (Å²) < 4.78 is 21.7. The molecule has 1 aromatic heterocycles. The first-order valence-electron chi connectivity index (χ1n) is 9.03. The summed E-state index contributed by atoms with van der Waals surface area (Å²) in [6.45, 7) is 4.65. The van der Waals surface area contributed by atoms with Crippen LogP contribution in [0.2, 0.25) is 0 Å². The van der Waals surface area contributed by atoms with Gasteiger partial charge in [0.15, 0.2) is 11.5 Å². The van der Waals surface area contributed by atoms with E-state index in [2.05, 4.69) is 21.3 Å². The van der Waals surface area contributed by atoms with Crippen molar-refractivity contribution in [1.29, 1.82) is 0 Å². The zero-order chi connectivity index (χ0) is 19.1. The van der Waals surface area contributed by atoms with Gasteiger partial charge in [-0.1, -0.05) is 6.07 Å². The van der Waals surface area contributed by atoms with Gasteiger partial charge in [0, 0.05) is 37.9 Å². The first kappa shape index (κ1) is 19.3. The second-order valence-electron chi connectivity index (χ2n) is 6.22. The van der Waals surface area contributed by atoms with E-state index in [0.717, 1.165) is 44.2 Å². The van der Waals surface area contributed by atoms with Crippen molar-refractivity contribution in [3.8, 4) is 17.2 Å². The summed E-state index contributed by atoms with van der Waals surface area (Å²) in [5, 5.41) is 3.46. The van der Waals surface area contributed by atoms with Gasteiger partial charge in [0.1, 0.15) is 5.82 Å². The Morgan fingerprint density at radius 2 is 1.78 bits per heavy atom. The van der Waals surface area contributed by atoms with E-state index in [9.17, 15) is 0 Å². The van der Waals surface area contributed by atoms with Gasteiger partial charge in [0.25, 0.3) is 0 Å². The van der Waals surface area contributed by atoms with Crippen molar-refractivity contribution in [2.75, 3.05) is 52.5 Å². The molecule has 0 bridgehead atoms. The Labute approximate surface area is 160 Å². The molecule has 146 valence electrons. The van der Waals surface area contributed by atoms with E-state index < -0.39 is 0 Å². The van der Waals surface area contributed by atoms with Crippen LogP contribution in [0.3, 0.4) is 0 Å². The van der Waals surface area contributed by atoms with Gasteiger partial charge < -0.3 is 29.2 Å². The van der Waals surface area contributed by atoms with Crippen LogP contribution < -0.4 is 24.4 Å². The molecule has 2 heterocycles. The van der Waals surface area contributed by atoms with Crippen LogP contribution in [0.4, 0.5) is 5.82 Å². The van der Waals surface area contributed by atoms with E-state index in [1.807, 2.05) is 24.4 Å². The van der Waals surface area contributed by atoms with Gasteiger partial charge in [-0.3, -0.25) is 0 Å². The van der Waals surface area contributed by atoms with Crippen LogP contribution in [0.15, 0.2) is 30.5 Å². The maximum absolute atomic E-state index is 5.54. The third kappa shape index (κ3) is 4.61. The lowest BCUT2D eigenvalue weighted by atomic mass is 10.1. The van der Waals surface area contributed by atoms with Crippen LogP contribution in [0.5, 0.6) is 17.2 Å². The fourth-order valence-electron chi connectivity index (χ4n) is 3.18. The molecule has 0 spiro atoms. The lowest BCUT2D eigenvalue weighted by molar-refractivity contribution is 0.122. The number of nitrogens with zero attached hydrogens (tertiary/aromatic N) is 2. The number of pyridine rings is 1. The van der Waals surface area contributed by atoms with Crippen LogP contribution in [-0.4, -0.2) is 52.6 Å². The van der Waals surface area contributed by atoms with Crippen molar-refractivity contribution in [1.82, 2.24) is 10.3 Å². The molecule has 0 atom stereocenters. The lowest BCUT2D eigenvalue weighted by Gasteiger charge is -2.28. The van der Waals surface area contributed by atoms with Crippen molar-refractivity contribution >= 4 is 5.82 Å². The minimum Gasteiger partial charge on any atom is -0.493 e. The molecular weight excluding hydrogens is 346 g/mol. The molecule has 7 heteroatoms. The van der Waals surface area contributed by atoms with Crippen molar-refractivity contribution in [2.45, 2.75) is 13.1 Å². The highest BCUT2D eigenvalue weighted by molar-refractivity contribution is 5.55. The van der Waals surface area contributed by atoms with Gasteiger partial charge in [-0.05, 0) is 23.8 Å². The molecule has 1 aliphatic rings. The number of nitrogens with one attached hydrogen (secondary N) is 1. The topological polar surface area (TPSA) is 65.1 Å². The van der Waals surface area contributed by atoms with Crippen LogP contribution in [0.25, 0.3) is 0 Å². The molecule has 0 aliphatic carbocycles. The Bertz CT molecular complexity index is 748. The number of morpholine rings is 1. The highest BCUT2D eigenvalue weighted by Crippen LogP contribution is 2.39. The number of hydrogen-bond donors (Lipinski definition) is 1. The van der Waals surface area contributed by atoms with Gasteiger partial charge in [-0.25, -0.2) is 4.98 Å². The SMILES string of the molecule is COc1ccc(CNCc2ccnc(N3CCOCC3)c2)c(OC)c1OC. The molecule has 0 amide bonds. The molecule has 1 aromatic carbocycles.